The van der Waals surface area contributed by atoms with E-state index in [1.807, 2.05) is 18.3 Å². The number of aromatic amines is 1. The molecule has 0 radical (unpaired) electrons. The SMILES string of the molecule is Cc1ccc(-c2nccc3[nH]c(C4=NNCc5ncc(-c6cncc(NC(=O)C7CCCCC7)c6)cc54)nc23)s1. The van der Waals surface area contributed by atoms with Crippen LogP contribution in [-0.4, -0.2) is 36.5 Å². The normalized spacial score (nSPS) is 15.4. The number of aryl methyl sites for hydroxylation is 1. The highest BCUT2D eigenvalue weighted by molar-refractivity contribution is 7.15. The largest absolute Gasteiger partial charge is 0.336 e. The lowest BCUT2D eigenvalue weighted by Gasteiger charge is -2.20. The van der Waals surface area contributed by atoms with Crippen molar-refractivity contribution in [3.8, 4) is 21.7 Å². The number of pyridine rings is 3. The lowest BCUT2D eigenvalue weighted by Crippen LogP contribution is -2.24. The number of hydrazone groups is 1. The van der Waals surface area contributed by atoms with Crippen LogP contribution in [0.4, 0.5) is 5.69 Å². The second-order valence-electron chi connectivity index (χ2n) is 10.4. The Morgan fingerprint density at radius 1 is 1.02 bits per heavy atom. The van der Waals surface area contributed by atoms with Crippen LogP contribution in [0, 0.1) is 12.8 Å². The zero-order valence-electron chi connectivity index (χ0n) is 22.1. The van der Waals surface area contributed by atoms with Gasteiger partial charge in [0.15, 0.2) is 5.82 Å². The van der Waals surface area contributed by atoms with Crippen LogP contribution >= 0.6 is 11.3 Å². The van der Waals surface area contributed by atoms with Crippen molar-refractivity contribution in [3.05, 3.63) is 77.1 Å². The van der Waals surface area contributed by atoms with Crippen LogP contribution in [0.5, 0.6) is 0 Å². The van der Waals surface area contributed by atoms with Gasteiger partial charge in [-0.1, -0.05) is 19.3 Å². The average molecular weight is 549 g/mol. The Morgan fingerprint density at radius 3 is 2.75 bits per heavy atom. The summed E-state index contributed by atoms with van der Waals surface area (Å²) in [5, 5.41) is 7.71. The van der Waals surface area contributed by atoms with E-state index in [9.17, 15) is 4.79 Å². The van der Waals surface area contributed by atoms with Crippen molar-refractivity contribution in [1.29, 1.82) is 0 Å². The van der Waals surface area contributed by atoms with Gasteiger partial charge in [0.25, 0.3) is 0 Å². The highest BCUT2D eigenvalue weighted by Crippen LogP contribution is 2.32. The zero-order valence-corrected chi connectivity index (χ0v) is 22.9. The van der Waals surface area contributed by atoms with Gasteiger partial charge in [0.05, 0.1) is 34.5 Å². The molecule has 200 valence electrons. The molecule has 40 heavy (non-hydrogen) atoms. The molecule has 3 N–H and O–H groups in total. The summed E-state index contributed by atoms with van der Waals surface area (Å²) in [6.07, 6.45) is 12.5. The molecule has 7 rings (SSSR count). The number of thiophene rings is 1. The fraction of sp³-hybridized carbons (Fsp3) is 0.267. The molecule has 0 unspecified atom stereocenters. The molecule has 0 aromatic carbocycles. The minimum absolute atomic E-state index is 0.0810. The molecule has 5 aromatic rings. The fourth-order valence-corrected chi connectivity index (χ4v) is 6.36. The van der Waals surface area contributed by atoms with Crippen molar-refractivity contribution < 1.29 is 4.79 Å². The number of imidazole rings is 1. The van der Waals surface area contributed by atoms with E-state index in [2.05, 4.69) is 55.9 Å². The van der Waals surface area contributed by atoms with Gasteiger partial charge in [-0.3, -0.25) is 19.7 Å². The molecule has 5 aromatic heterocycles. The molecule has 2 aliphatic rings. The Bertz CT molecular complexity index is 1760. The van der Waals surface area contributed by atoms with E-state index in [1.165, 1.54) is 11.3 Å². The number of H-pyrrole nitrogens is 1. The smallest absolute Gasteiger partial charge is 0.227 e. The molecule has 1 aliphatic heterocycles. The summed E-state index contributed by atoms with van der Waals surface area (Å²) >= 11 is 1.70. The van der Waals surface area contributed by atoms with Crippen molar-refractivity contribution in [2.75, 3.05) is 5.32 Å². The number of anilines is 1. The summed E-state index contributed by atoms with van der Waals surface area (Å²) < 4.78 is 0. The number of amides is 1. The second kappa shape index (κ2) is 10.3. The summed E-state index contributed by atoms with van der Waals surface area (Å²) in [6.45, 7) is 2.61. The molecule has 0 atom stereocenters. The van der Waals surface area contributed by atoms with Gasteiger partial charge >= 0.3 is 0 Å². The van der Waals surface area contributed by atoms with Crippen LogP contribution in [0.3, 0.4) is 0 Å². The molecule has 9 nitrogen and oxygen atoms in total. The number of carbonyl (C=O) groups excluding carboxylic acids is 1. The molecular formula is C30H28N8OS. The Labute approximate surface area is 235 Å². The monoisotopic (exact) mass is 548 g/mol. The van der Waals surface area contributed by atoms with Crippen LogP contribution in [0.2, 0.25) is 0 Å². The Morgan fingerprint density at radius 2 is 1.90 bits per heavy atom. The topological polar surface area (TPSA) is 121 Å². The van der Waals surface area contributed by atoms with E-state index in [0.717, 1.165) is 69.7 Å². The maximum atomic E-state index is 12.8. The molecule has 1 amide bonds. The van der Waals surface area contributed by atoms with Crippen LogP contribution in [-0.2, 0) is 11.3 Å². The maximum absolute atomic E-state index is 12.8. The van der Waals surface area contributed by atoms with Gasteiger partial charge in [0.1, 0.15) is 16.9 Å². The van der Waals surface area contributed by atoms with Crippen LogP contribution in [0.1, 0.15) is 54.1 Å². The van der Waals surface area contributed by atoms with Crippen molar-refractivity contribution in [2.45, 2.75) is 45.6 Å². The molecule has 1 saturated carbocycles. The molecular weight excluding hydrogens is 520 g/mol. The Balaban J connectivity index is 1.21. The maximum Gasteiger partial charge on any atom is 0.227 e. The van der Waals surface area contributed by atoms with Crippen molar-refractivity contribution in [2.24, 2.45) is 11.0 Å². The first kappa shape index (κ1) is 24.6. The van der Waals surface area contributed by atoms with Crippen molar-refractivity contribution in [1.82, 2.24) is 30.3 Å². The first-order valence-corrected chi connectivity index (χ1v) is 14.4. The van der Waals surface area contributed by atoms with Gasteiger partial charge < -0.3 is 15.7 Å². The minimum atomic E-state index is 0.0810. The van der Waals surface area contributed by atoms with Crippen molar-refractivity contribution in [3.63, 3.8) is 0 Å². The third kappa shape index (κ3) is 4.64. The zero-order chi connectivity index (χ0) is 27.1. The Hall–Kier alpha value is -4.44. The summed E-state index contributed by atoms with van der Waals surface area (Å²) in [5.41, 5.74) is 10.6. The number of nitrogens with zero attached hydrogens (tertiary/aromatic N) is 5. The summed E-state index contributed by atoms with van der Waals surface area (Å²) in [4.78, 5) is 37.3. The first-order valence-electron chi connectivity index (χ1n) is 13.6. The van der Waals surface area contributed by atoms with Crippen LogP contribution in [0.25, 0.3) is 32.7 Å². The molecule has 0 bridgehead atoms. The quantitative estimate of drug-likeness (QED) is 0.254. The van der Waals surface area contributed by atoms with E-state index in [1.54, 1.807) is 29.9 Å². The van der Waals surface area contributed by atoms with E-state index < -0.39 is 0 Å². The molecule has 1 aliphatic carbocycles. The van der Waals surface area contributed by atoms with E-state index in [-0.39, 0.29) is 11.8 Å². The van der Waals surface area contributed by atoms with Gasteiger partial charge in [-0.25, -0.2) is 4.98 Å². The van der Waals surface area contributed by atoms with E-state index in [0.29, 0.717) is 23.8 Å². The number of hydrogen-bond donors (Lipinski definition) is 3. The van der Waals surface area contributed by atoms with Gasteiger partial charge in [-0.15, -0.1) is 11.3 Å². The predicted octanol–water partition coefficient (Wildman–Crippen LogP) is 5.83. The number of aromatic nitrogens is 5. The third-order valence-electron chi connectivity index (χ3n) is 7.58. The molecule has 0 spiro atoms. The van der Waals surface area contributed by atoms with Crippen molar-refractivity contribution >= 4 is 39.7 Å². The number of hydrogen-bond acceptors (Lipinski definition) is 8. The number of rotatable bonds is 5. The minimum Gasteiger partial charge on any atom is -0.336 e. The lowest BCUT2D eigenvalue weighted by atomic mass is 9.88. The highest BCUT2D eigenvalue weighted by Gasteiger charge is 2.24. The third-order valence-corrected chi connectivity index (χ3v) is 8.58. The van der Waals surface area contributed by atoms with Crippen LogP contribution < -0.4 is 10.7 Å². The standard InChI is InChI=1S/C30H28N8OS/c1-17-7-8-25(40-17)28-27-23(9-10-32-28)36-29(37-27)26-22-12-20(14-33-24(22)16-34-38-26)19-11-21(15-31-13-19)35-30(39)18-5-3-2-4-6-18/h7-15,18,34H,2-6,16H2,1H3,(H,35,39)(H,36,37). The highest BCUT2D eigenvalue weighted by atomic mass is 32.1. The van der Waals surface area contributed by atoms with Gasteiger partial charge in [-0.2, -0.15) is 5.10 Å². The molecule has 1 fully saturated rings. The molecule has 0 saturated heterocycles. The number of nitrogens with one attached hydrogen (secondary N) is 3. The first-order chi connectivity index (χ1) is 19.6. The van der Waals surface area contributed by atoms with E-state index in [4.69, 9.17) is 9.97 Å². The lowest BCUT2D eigenvalue weighted by molar-refractivity contribution is -0.120. The summed E-state index contributed by atoms with van der Waals surface area (Å²) in [6, 6.07) is 10.1. The predicted molar refractivity (Wildman–Crippen MR) is 157 cm³/mol. The summed E-state index contributed by atoms with van der Waals surface area (Å²) in [7, 11) is 0. The van der Waals surface area contributed by atoms with E-state index >= 15 is 0 Å². The van der Waals surface area contributed by atoms with Gasteiger partial charge in [0.2, 0.25) is 5.91 Å². The summed E-state index contributed by atoms with van der Waals surface area (Å²) in [5.74, 6) is 0.813. The van der Waals surface area contributed by atoms with Gasteiger partial charge in [-0.05, 0) is 50.1 Å². The Kier molecular flexibility index (Phi) is 6.31. The van der Waals surface area contributed by atoms with Crippen LogP contribution in [0.15, 0.2) is 60.2 Å². The molecule has 6 heterocycles. The van der Waals surface area contributed by atoms with Gasteiger partial charge in [0, 0.05) is 46.1 Å². The number of fused-ring (bicyclic) bond motifs is 2. The second-order valence-corrected chi connectivity index (χ2v) is 11.6. The molecule has 10 heteroatoms. The average Bonchev–Trinajstić information content (AvgIpc) is 3.63. The number of carbonyl (C=O) groups is 1. The fourth-order valence-electron chi connectivity index (χ4n) is 5.50.